The number of hydrogen-bond donors (Lipinski definition) is 7. The molecule has 4 aliphatic carbocycles. The maximum absolute atomic E-state index is 11.1. The molecule has 1 spiro atoms. The monoisotopic (exact) mass is 724 g/mol. The van der Waals surface area contributed by atoms with E-state index in [2.05, 4.69) is 26.8 Å². The zero-order valence-electron chi connectivity index (χ0n) is 30.5. The molecule has 0 bridgehead atoms. The van der Waals surface area contributed by atoms with Crippen molar-refractivity contribution in [2.75, 3.05) is 13.2 Å². The maximum atomic E-state index is 11.1. The van der Waals surface area contributed by atoms with E-state index in [0.29, 0.717) is 43.6 Å². The largest absolute Gasteiger partial charge is 0.393 e. The number of hydrogen-bond acceptors (Lipinski definition) is 13. The van der Waals surface area contributed by atoms with Crippen LogP contribution in [0.2, 0.25) is 0 Å². The Morgan fingerprint density at radius 1 is 0.824 bits per heavy atom. The molecular formula is C38H60O13. The highest BCUT2D eigenvalue weighted by molar-refractivity contribution is 5.29. The summed E-state index contributed by atoms with van der Waals surface area (Å²) >= 11 is 0. The molecule has 4 aliphatic heterocycles. The van der Waals surface area contributed by atoms with Gasteiger partial charge in [0.25, 0.3) is 0 Å². The minimum absolute atomic E-state index is 0.0418. The molecular weight excluding hydrogens is 664 g/mol. The topological polar surface area (TPSA) is 197 Å². The Balaban J connectivity index is 1.04. The van der Waals surface area contributed by atoms with Gasteiger partial charge in [0.05, 0.1) is 43.7 Å². The van der Waals surface area contributed by atoms with Crippen LogP contribution >= 0.6 is 0 Å². The van der Waals surface area contributed by atoms with Crippen molar-refractivity contribution in [3.05, 3.63) is 11.6 Å². The first-order valence-electron chi connectivity index (χ1n) is 19.4. The first kappa shape index (κ1) is 37.2. The molecule has 8 rings (SSSR count). The van der Waals surface area contributed by atoms with Gasteiger partial charge in [-0.3, -0.25) is 0 Å². The zero-order chi connectivity index (χ0) is 36.4. The third-order valence-corrected chi connectivity index (χ3v) is 15.4. The number of ether oxygens (including phenoxy) is 6. The molecule has 4 saturated heterocycles. The quantitative estimate of drug-likeness (QED) is 0.203. The molecule has 51 heavy (non-hydrogen) atoms. The van der Waals surface area contributed by atoms with E-state index in [9.17, 15) is 35.7 Å². The molecule has 22 atom stereocenters. The highest BCUT2D eigenvalue weighted by Crippen LogP contribution is 2.71. The Bertz CT molecular complexity index is 1330. The van der Waals surface area contributed by atoms with Crippen LogP contribution in [0, 0.1) is 46.3 Å². The van der Waals surface area contributed by atoms with E-state index in [4.69, 9.17) is 28.4 Å². The van der Waals surface area contributed by atoms with Crippen molar-refractivity contribution in [3.8, 4) is 0 Å². The van der Waals surface area contributed by atoms with Crippen molar-refractivity contribution in [1.29, 1.82) is 0 Å². The predicted octanol–water partition coefficient (Wildman–Crippen LogP) is 0.971. The summed E-state index contributed by atoms with van der Waals surface area (Å²) in [6, 6.07) is 0. The molecule has 3 saturated carbocycles. The van der Waals surface area contributed by atoms with Crippen molar-refractivity contribution in [3.63, 3.8) is 0 Å². The molecule has 0 unspecified atom stereocenters. The summed E-state index contributed by atoms with van der Waals surface area (Å²) in [5.74, 6) is 0.859. The van der Waals surface area contributed by atoms with Crippen molar-refractivity contribution in [2.45, 2.75) is 165 Å². The third kappa shape index (κ3) is 5.66. The van der Waals surface area contributed by atoms with Crippen LogP contribution in [0.25, 0.3) is 0 Å². The molecule has 0 radical (unpaired) electrons. The van der Waals surface area contributed by atoms with Gasteiger partial charge in [0.1, 0.15) is 36.6 Å². The van der Waals surface area contributed by atoms with Gasteiger partial charge in [0.15, 0.2) is 18.4 Å². The summed E-state index contributed by atoms with van der Waals surface area (Å²) in [5.41, 5.74) is 0.759. The molecule has 4 heterocycles. The maximum Gasteiger partial charge on any atom is 0.187 e. The van der Waals surface area contributed by atoms with Crippen LogP contribution in [0.3, 0.4) is 0 Å². The number of allylic oxidation sites excluding steroid dienone is 1. The standard InChI is InChI=1S/C38H60O13/c1-16-14-47-38(13-24(16)40)17(2)28-26(51-38)12-23-21-7-6-19-10-20(39)11-27(37(19,5)22(21)8-9-36(23,28)4)49-35-33(30(43)25(41)15-46-35)50-34-32(45)31(44)29(42)18(3)48-34/h6,16-18,20-35,39-45H,7-15H2,1-5H3/t16-,17+,18+,20-,21+,22+,23+,24+,25-,26+,27-,28+,29+,30-,31-,32+,33-,34+,35-,36+,37+,38-/m1/s1. The summed E-state index contributed by atoms with van der Waals surface area (Å²) in [5, 5.41) is 75.0. The highest BCUT2D eigenvalue weighted by Gasteiger charge is 2.70. The highest BCUT2D eigenvalue weighted by atomic mass is 16.8. The SMILES string of the molecule is C[C@@H]1CO[C@]2(C[C@@H]1O)O[C@H]1C[C@H]3[C@H]4CC=C5C[C@@H](O)C[C@@H](O[C@H]6OC[C@@H](O)[C@@H](O)[C@H]6O[C@@H]6O[C@@H](C)[C@H](O)[C@@H](O)[C@@H]6O)[C@]5(C)[C@H]4CC[C@]3(C)[C@H]1[C@@H]2C. The smallest absolute Gasteiger partial charge is 0.187 e. The van der Waals surface area contributed by atoms with E-state index < -0.39 is 84.8 Å². The first-order chi connectivity index (χ1) is 24.1. The second-order valence-electron chi connectivity index (χ2n) is 18.0. The van der Waals surface area contributed by atoms with Gasteiger partial charge in [-0.05, 0) is 68.1 Å². The summed E-state index contributed by atoms with van der Waals surface area (Å²) in [7, 11) is 0. The number of rotatable bonds is 4. The van der Waals surface area contributed by atoms with E-state index >= 15 is 0 Å². The molecule has 0 aromatic carbocycles. The lowest BCUT2D eigenvalue weighted by molar-refractivity contribution is -0.362. The Morgan fingerprint density at radius 3 is 2.33 bits per heavy atom. The van der Waals surface area contributed by atoms with Crippen molar-refractivity contribution < 1.29 is 64.2 Å². The molecule has 0 aromatic heterocycles. The van der Waals surface area contributed by atoms with E-state index in [1.807, 2.05) is 6.92 Å². The minimum Gasteiger partial charge on any atom is -0.393 e. The minimum atomic E-state index is -1.62. The molecule has 7 N–H and O–H groups in total. The van der Waals surface area contributed by atoms with Gasteiger partial charge in [-0.2, -0.15) is 0 Å². The number of fused-ring (bicyclic) bond motifs is 7. The van der Waals surface area contributed by atoms with Gasteiger partial charge in [-0.1, -0.05) is 39.3 Å². The van der Waals surface area contributed by atoms with Crippen LogP contribution < -0.4 is 0 Å². The molecule has 290 valence electrons. The van der Waals surface area contributed by atoms with Crippen LogP contribution in [-0.4, -0.2) is 134 Å². The molecule has 0 aromatic rings. The first-order valence-corrected chi connectivity index (χ1v) is 19.4. The second-order valence-corrected chi connectivity index (χ2v) is 18.0. The average Bonchev–Trinajstić information content (AvgIpc) is 3.53. The fraction of sp³-hybridized carbons (Fsp3) is 0.947. The van der Waals surface area contributed by atoms with E-state index in [-0.39, 0.29) is 35.9 Å². The van der Waals surface area contributed by atoms with Crippen molar-refractivity contribution in [1.82, 2.24) is 0 Å². The van der Waals surface area contributed by atoms with E-state index in [1.54, 1.807) is 0 Å². The van der Waals surface area contributed by atoms with Gasteiger partial charge in [-0.15, -0.1) is 0 Å². The van der Waals surface area contributed by atoms with Crippen LogP contribution in [-0.2, 0) is 28.4 Å². The summed E-state index contributed by atoms with van der Waals surface area (Å²) in [6.07, 6.45) is -5.94. The van der Waals surface area contributed by atoms with Crippen LogP contribution in [0.4, 0.5) is 0 Å². The van der Waals surface area contributed by atoms with Crippen LogP contribution in [0.15, 0.2) is 11.6 Å². The number of aliphatic hydroxyl groups excluding tert-OH is 7. The Labute approximate surface area is 300 Å². The van der Waals surface area contributed by atoms with E-state index in [0.717, 1.165) is 25.7 Å². The fourth-order valence-electron chi connectivity index (χ4n) is 12.4. The third-order valence-electron chi connectivity index (χ3n) is 15.4. The van der Waals surface area contributed by atoms with Crippen molar-refractivity contribution in [2.24, 2.45) is 46.3 Å². The van der Waals surface area contributed by atoms with Crippen molar-refractivity contribution >= 4 is 0 Å². The van der Waals surface area contributed by atoms with Gasteiger partial charge in [0, 0.05) is 30.1 Å². The molecule has 13 heteroatoms. The lowest BCUT2D eigenvalue weighted by Gasteiger charge is -2.60. The summed E-state index contributed by atoms with van der Waals surface area (Å²) < 4.78 is 37.8. The van der Waals surface area contributed by atoms with Crippen LogP contribution in [0.5, 0.6) is 0 Å². The zero-order valence-corrected chi connectivity index (χ0v) is 30.5. The normalized spacial score (nSPS) is 59.8. The van der Waals surface area contributed by atoms with Gasteiger partial charge >= 0.3 is 0 Å². The van der Waals surface area contributed by atoms with E-state index in [1.165, 1.54) is 12.5 Å². The van der Waals surface area contributed by atoms with Gasteiger partial charge in [0.2, 0.25) is 0 Å². The summed E-state index contributed by atoms with van der Waals surface area (Å²) in [4.78, 5) is 0. The Kier molecular flexibility index (Phi) is 9.60. The molecule has 13 nitrogen and oxygen atoms in total. The molecule has 8 aliphatic rings. The molecule has 0 amide bonds. The average molecular weight is 725 g/mol. The fourth-order valence-corrected chi connectivity index (χ4v) is 12.4. The number of aliphatic hydroxyl groups is 7. The lowest BCUT2D eigenvalue weighted by atomic mass is 9.46. The van der Waals surface area contributed by atoms with Gasteiger partial charge < -0.3 is 64.2 Å². The Hall–Kier alpha value is -0.780. The van der Waals surface area contributed by atoms with Crippen LogP contribution in [0.1, 0.15) is 79.6 Å². The Morgan fingerprint density at radius 2 is 1.59 bits per heavy atom. The molecule has 7 fully saturated rings. The predicted molar refractivity (Wildman–Crippen MR) is 178 cm³/mol. The summed E-state index contributed by atoms with van der Waals surface area (Å²) in [6.45, 7) is 10.8. The lowest BCUT2D eigenvalue weighted by Crippen LogP contribution is -2.63. The second kappa shape index (κ2) is 13.2. The van der Waals surface area contributed by atoms with Gasteiger partial charge in [-0.25, -0.2) is 0 Å².